The van der Waals surface area contributed by atoms with Crippen molar-refractivity contribution in [1.82, 2.24) is 9.97 Å². The molecule has 2 heterocycles. The molecule has 1 saturated carbocycles. The fourth-order valence-electron chi connectivity index (χ4n) is 2.36. The van der Waals surface area contributed by atoms with Crippen LogP contribution in [0.4, 0.5) is 0 Å². The molecule has 3 rings (SSSR count). The lowest BCUT2D eigenvalue weighted by molar-refractivity contribution is -0.167. The van der Waals surface area contributed by atoms with Crippen molar-refractivity contribution in [2.45, 2.75) is 30.6 Å². The number of imidazole rings is 1. The number of H-pyrrole nitrogens is 1. The third-order valence-corrected chi connectivity index (χ3v) is 3.87. The molecule has 1 aromatic heterocycles. The summed E-state index contributed by atoms with van der Waals surface area (Å²) >= 11 is 0. The Morgan fingerprint density at radius 2 is 2.35 bits per heavy atom. The molecule has 1 aliphatic carbocycles. The van der Waals surface area contributed by atoms with Gasteiger partial charge in [-0.05, 0) is 12.8 Å². The van der Waals surface area contributed by atoms with Crippen molar-refractivity contribution in [3.8, 4) is 0 Å². The summed E-state index contributed by atoms with van der Waals surface area (Å²) in [5, 5.41) is 0. The molecule has 2 aliphatic rings. The van der Waals surface area contributed by atoms with Crippen LogP contribution < -0.4 is 0 Å². The highest BCUT2D eigenvalue weighted by Gasteiger charge is 2.51. The van der Waals surface area contributed by atoms with E-state index in [1.807, 2.05) is 6.20 Å². The maximum Gasteiger partial charge on any atom is 0.324 e. The molecule has 5 heteroatoms. The van der Waals surface area contributed by atoms with Crippen molar-refractivity contribution in [2.75, 3.05) is 20.3 Å². The number of carbonyl (C=O) groups is 1. The molecule has 0 amide bonds. The molecule has 1 aliphatic heterocycles. The Morgan fingerprint density at radius 1 is 1.59 bits per heavy atom. The average Bonchev–Trinajstić information content (AvgIpc) is 2.62. The molecule has 5 nitrogen and oxygen atoms in total. The van der Waals surface area contributed by atoms with E-state index in [1.54, 1.807) is 0 Å². The zero-order valence-electron chi connectivity index (χ0n) is 9.86. The molecule has 0 bridgehead atoms. The number of methoxy groups -OCH3 is 1. The van der Waals surface area contributed by atoms with Crippen LogP contribution in [-0.4, -0.2) is 36.3 Å². The second-order valence-electron chi connectivity index (χ2n) is 4.88. The first-order chi connectivity index (χ1) is 8.26. The monoisotopic (exact) mass is 236 g/mol. The van der Waals surface area contributed by atoms with Crippen LogP contribution in [0.5, 0.6) is 0 Å². The van der Waals surface area contributed by atoms with E-state index in [0.29, 0.717) is 25.0 Å². The van der Waals surface area contributed by atoms with Gasteiger partial charge in [0.25, 0.3) is 0 Å². The number of nitrogens with zero attached hydrogens (tertiary/aromatic N) is 1. The predicted molar refractivity (Wildman–Crippen MR) is 59.7 cm³/mol. The minimum absolute atomic E-state index is 0.266. The smallest absolute Gasteiger partial charge is 0.324 e. The van der Waals surface area contributed by atoms with Crippen molar-refractivity contribution in [3.05, 3.63) is 17.7 Å². The molecule has 2 fully saturated rings. The van der Waals surface area contributed by atoms with Gasteiger partial charge in [0.1, 0.15) is 5.82 Å². The molecule has 0 aromatic carbocycles. The molecule has 1 aromatic rings. The van der Waals surface area contributed by atoms with E-state index in [0.717, 1.165) is 5.69 Å². The van der Waals surface area contributed by atoms with Crippen LogP contribution in [0.2, 0.25) is 0 Å². The second kappa shape index (κ2) is 3.84. The summed E-state index contributed by atoms with van der Waals surface area (Å²) in [6.07, 6.45) is 5.55. The van der Waals surface area contributed by atoms with Gasteiger partial charge in [0.05, 0.1) is 20.3 Å². The topological polar surface area (TPSA) is 64.2 Å². The Balaban J connectivity index is 1.86. The number of aromatic nitrogens is 2. The van der Waals surface area contributed by atoms with Gasteiger partial charge in [0, 0.05) is 17.8 Å². The Hall–Kier alpha value is -1.36. The molecule has 1 N–H and O–H groups in total. The van der Waals surface area contributed by atoms with Gasteiger partial charge < -0.3 is 14.5 Å². The molecule has 0 spiro atoms. The number of carbonyl (C=O) groups excluding carboxylic acids is 1. The summed E-state index contributed by atoms with van der Waals surface area (Å²) < 4.78 is 10.0. The van der Waals surface area contributed by atoms with Crippen LogP contribution in [0.1, 0.15) is 36.7 Å². The van der Waals surface area contributed by atoms with Crippen LogP contribution >= 0.6 is 0 Å². The van der Waals surface area contributed by atoms with Crippen molar-refractivity contribution >= 4 is 5.97 Å². The van der Waals surface area contributed by atoms with Crippen molar-refractivity contribution in [3.63, 3.8) is 0 Å². The molecule has 17 heavy (non-hydrogen) atoms. The van der Waals surface area contributed by atoms with Crippen molar-refractivity contribution < 1.29 is 14.3 Å². The molecule has 0 radical (unpaired) electrons. The standard InChI is InChI=1S/C12H16N2O3/c1-16-11(15)12(6-17-7-12)10-13-5-9(14-10)8-3-2-4-8/h5,8H,2-4,6-7H2,1H3,(H,13,14). The highest BCUT2D eigenvalue weighted by atomic mass is 16.5. The van der Waals surface area contributed by atoms with Gasteiger partial charge in [-0.1, -0.05) is 6.42 Å². The van der Waals surface area contributed by atoms with Gasteiger partial charge in [-0.3, -0.25) is 4.79 Å². The van der Waals surface area contributed by atoms with Crippen LogP contribution in [0, 0.1) is 0 Å². The summed E-state index contributed by atoms with van der Waals surface area (Å²) in [6.45, 7) is 0.717. The summed E-state index contributed by atoms with van der Waals surface area (Å²) in [5.41, 5.74) is 0.443. The maximum atomic E-state index is 11.8. The van der Waals surface area contributed by atoms with Gasteiger partial charge in [-0.2, -0.15) is 0 Å². The van der Waals surface area contributed by atoms with Gasteiger partial charge in [-0.25, -0.2) is 4.98 Å². The number of rotatable bonds is 3. The Kier molecular flexibility index (Phi) is 2.43. The number of esters is 1. The van der Waals surface area contributed by atoms with Crippen LogP contribution in [-0.2, 0) is 19.7 Å². The first-order valence-electron chi connectivity index (χ1n) is 5.98. The molecular weight excluding hydrogens is 220 g/mol. The largest absolute Gasteiger partial charge is 0.468 e. The summed E-state index contributed by atoms with van der Waals surface area (Å²) in [4.78, 5) is 19.4. The third kappa shape index (κ3) is 1.49. The Morgan fingerprint density at radius 3 is 2.82 bits per heavy atom. The van der Waals surface area contributed by atoms with Gasteiger partial charge in [0.2, 0.25) is 0 Å². The molecule has 0 atom stereocenters. The Labute approximate surface area is 99.5 Å². The van der Waals surface area contributed by atoms with E-state index in [1.165, 1.54) is 26.4 Å². The number of aromatic amines is 1. The highest BCUT2D eigenvalue weighted by Crippen LogP contribution is 2.37. The van der Waals surface area contributed by atoms with E-state index in [9.17, 15) is 4.79 Å². The summed E-state index contributed by atoms with van der Waals surface area (Å²) in [5.74, 6) is 1.02. The van der Waals surface area contributed by atoms with Crippen LogP contribution in [0.3, 0.4) is 0 Å². The van der Waals surface area contributed by atoms with Crippen LogP contribution in [0.15, 0.2) is 6.20 Å². The number of ether oxygens (including phenoxy) is 2. The Bertz CT molecular complexity index is 433. The predicted octanol–water partition coefficient (Wildman–Crippen LogP) is 1.12. The highest BCUT2D eigenvalue weighted by molar-refractivity contribution is 5.83. The molecule has 1 saturated heterocycles. The van der Waals surface area contributed by atoms with Crippen molar-refractivity contribution in [1.29, 1.82) is 0 Å². The first-order valence-corrected chi connectivity index (χ1v) is 5.98. The third-order valence-electron chi connectivity index (χ3n) is 3.87. The fraction of sp³-hybridized carbons (Fsp3) is 0.667. The fourth-order valence-corrected chi connectivity index (χ4v) is 2.36. The number of nitrogens with one attached hydrogen (secondary N) is 1. The zero-order valence-corrected chi connectivity index (χ0v) is 9.86. The molecule has 0 unspecified atom stereocenters. The number of hydrogen-bond acceptors (Lipinski definition) is 4. The van der Waals surface area contributed by atoms with Gasteiger partial charge in [0.15, 0.2) is 5.41 Å². The SMILES string of the molecule is COC(=O)C1(c2ncc(C3CCC3)[nH]2)COC1. The molecule has 92 valence electrons. The normalized spacial score (nSPS) is 22.6. The quantitative estimate of drug-likeness (QED) is 0.799. The second-order valence-corrected chi connectivity index (χ2v) is 4.88. The summed E-state index contributed by atoms with van der Waals surface area (Å²) in [7, 11) is 1.40. The van der Waals surface area contributed by atoms with E-state index < -0.39 is 5.41 Å². The van der Waals surface area contributed by atoms with E-state index in [-0.39, 0.29) is 5.97 Å². The van der Waals surface area contributed by atoms with E-state index >= 15 is 0 Å². The zero-order chi connectivity index (χ0) is 11.9. The molecular formula is C12H16N2O3. The van der Waals surface area contributed by atoms with Gasteiger partial charge in [-0.15, -0.1) is 0 Å². The van der Waals surface area contributed by atoms with Crippen molar-refractivity contribution in [2.24, 2.45) is 0 Å². The maximum absolute atomic E-state index is 11.8. The lowest BCUT2D eigenvalue weighted by Crippen LogP contribution is -2.54. The summed E-state index contributed by atoms with van der Waals surface area (Å²) in [6, 6.07) is 0. The van der Waals surface area contributed by atoms with Crippen LogP contribution in [0.25, 0.3) is 0 Å². The minimum atomic E-state index is -0.698. The van der Waals surface area contributed by atoms with Gasteiger partial charge >= 0.3 is 5.97 Å². The lowest BCUT2D eigenvalue weighted by atomic mass is 9.83. The lowest BCUT2D eigenvalue weighted by Gasteiger charge is -2.36. The van der Waals surface area contributed by atoms with E-state index in [4.69, 9.17) is 9.47 Å². The first kappa shape index (κ1) is 10.8. The average molecular weight is 236 g/mol. The number of hydrogen-bond donors (Lipinski definition) is 1. The minimum Gasteiger partial charge on any atom is -0.468 e. The van der Waals surface area contributed by atoms with E-state index in [2.05, 4.69) is 9.97 Å².